The summed E-state index contributed by atoms with van der Waals surface area (Å²) in [5.74, 6) is -0.269. The van der Waals surface area contributed by atoms with Crippen molar-refractivity contribution in [2.45, 2.75) is 18.9 Å². The lowest BCUT2D eigenvalue weighted by Crippen LogP contribution is -2.51. The summed E-state index contributed by atoms with van der Waals surface area (Å²) in [4.78, 5) is 26.6. The maximum atomic E-state index is 12.8. The number of piperidine rings is 1. The van der Waals surface area contributed by atoms with E-state index in [1.54, 1.807) is 35.2 Å². The highest BCUT2D eigenvalue weighted by atomic mass is 16.3. The molecule has 4 rings (SSSR count). The maximum Gasteiger partial charge on any atom is 0.259 e. The van der Waals surface area contributed by atoms with Gasteiger partial charge in [0.25, 0.3) is 5.91 Å². The summed E-state index contributed by atoms with van der Waals surface area (Å²) < 4.78 is 0. The number of benzene rings is 2. The van der Waals surface area contributed by atoms with Crippen LogP contribution in [-0.4, -0.2) is 23.0 Å². The first kappa shape index (κ1) is 12.9. The first-order valence-corrected chi connectivity index (χ1v) is 7.15. The Bertz CT molecular complexity index is 856. The van der Waals surface area contributed by atoms with Crippen molar-refractivity contribution in [3.8, 4) is 5.75 Å². The lowest BCUT2D eigenvalue weighted by molar-refractivity contribution is -0.122. The number of allylic oxidation sites excluding steroid dienone is 1. The Balaban J connectivity index is 1.89. The molecule has 0 aromatic heterocycles. The van der Waals surface area contributed by atoms with E-state index < -0.39 is 6.04 Å². The van der Waals surface area contributed by atoms with Crippen molar-refractivity contribution in [3.05, 3.63) is 48.2 Å². The van der Waals surface area contributed by atoms with Gasteiger partial charge in [-0.2, -0.15) is 0 Å². The first-order chi connectivity index (χ1) is 10.6. The maximum absolute atomic E-state index is 12.8. The second kappa shape index (κ2) is 4.34. The summed E-state index contributed by atoms with van der Waals surface area (Å²) in [5, 5.41) is 14.1. The van der Waals surface area contributed by atoms with Gasteiger partial charge in [-0.15, -0.1) is 0 Å². The number of hydrogen-bond acceptors (Lipinski definition) is 3. The second-order valence-corrected chi connectivity index (χ2v) is 5.65. The number of rotatable bonds is 1. The third-order valence-corrected chi connectivity index (χ3v) is 4.34. The fourth-order valence-electron chi connectivity index (χ4n) is 3.31. The van der Waals surface area contributed by atoms with Crippen LogP contribution in [0.25, 0.3) is 10.8 Å². The summed E-state index contributed by atoms with van der Waals surface area (Å²) in [6.45, 7) is 3.77. The smallest absolute Gasteiger partial charge is 0.259 e. The van der Waals surface area contributed by atoms with Gasteiger partial charge in [-0.05, 0) is 31.0 Å². The van der Waals surface area contributed by atoms with Crippen LogP contribution in [0.2, 0.25) is 0 Å². The first-order valence-electron chi connectivity index (χ1n) is 7.15. The molecule has 110 valence electrons. The minimum Gasteiger partial charge on any atom is -0.507 e. The van der Waals surface area contributed by atoms with E-state index in [0.29, 0.717) is 40.6 Å². The Hall–Kier alpha value is -2.82. The number of carbonyl (C=O) groups excluding carboxylic acids is 2. The van der Waals surface area contributed by atoms with Crippen molar-refractivity contribution in [3.63, 3.8) is 0 Å². The Morgan fingerprint density at radius 1 is 1.23 bits per heavy atom. The molecule has 0 bridgehead atoms. The summed E-state index contributed by atoms with van der Waals surface area (Å²) in [7, 11) is 0. The Labute approximate surface area is 126 Å². The van der Waals surface area contributed by atoms with E-state index in [0.717, 1.165) is 0 Å². The van der Waals surface area contributed by atoms with Crippen LogP contribution in [0.5, 0.6) is 5.75 Å². The summed E-state index contributed by atoms with van der Waals surface area (Å²) in [5.41, 5.74) is 1.89. The van der Waals surface area contributed by atoms with Gasteiger partial charge in [0.05, 0.1) is 5.69 Å². The predicted molar refractivity (Wildman–Crippen MR) is 82.7 cm³/mol. The highest BCUT2D eigenvalue weighted by Crippen LogP contribution is 2.42. The topological polar surface area (TPSA) is 69.6 Å². The van der Waals surface area contributed by atoms with Crippen LogP contribution in [0.3, 0.4) is 0 Å². The molecule has 0 saturated carbocycles. The third kappa shape index (κ3) is 1.59. The number of nitrogens with one attached hydrogen (secondary N) is 1. The minimum atomic E-state index is -0.543. The SMILES string of the molecule is C=C1CCC(N2C(=O)c3cccc4c(O)ccc2c34)C(=O)N1. The van der Waals surface area contributed by atoms with E-state index in [9.17, 15) is 14.7 Å². The number of carbonyl (C=O) groups is 2. The van der Waals surface area contributed by atoms with Crippen LogP contribution in [0.4, 0.5) is 5.69 Å². The van der Waals surface area contributed by atoms with Gasteiger partial charge in [0.1, 0.15) is 11.8 Å². The largest absolute Gasteiger partial charge is 0.507 e. The lowest BCUT2D eigenvalue weighted by Gasteiger charge is -2.31. The average molecular weight is 294 g/mol. The number of anilines is 1. The fourth-order valence-corrected chi connectivity index (χ4v) is 3.31. The van der Waals surface area contributed by atoms with Crippen molar-refractivity contribution in [1.29, 1.82) is 0 Å². The van der Waals surface area contributed by atoms with Crippen molar-refractivity contribution in [1.82, 2.24) is 5.32 Å². The molecule has 5 heteroatoms. The molecule has 1 fully saturated rings. The summed E-state index contributed by atoms with van der Waals surface area (Å²) >= 11 is 0. The van der Waals surface area contributed by atoms with Gasteiger partial charge in [-0.25, -0.2) is 0 Å². The predicted octanol–water partition coefficient (Wildman–Crippen LogP) is 2.30. The lowest BCUT2D eigenvalue weighted by atomic mass is 10.0. The van der Waals surface area contributed by atoms with Crippen LogP contribution in [-0.2, 0) is 4.79 Å². The van der Waals surface area contributed by atoms with Crippen LogP contribution in [0, 0.1) is 0 Å². The van der Waals surface area contributed by atoms with E-state index in [-0.39, 0.29) is 17.6 Å². The number of aromatic hydroxyl groups is 1. The van der Waals surface area contributed by atoms with Crippen LogP contribution >= 0.6 is 0 Å². The van der Waals surface area contributed by atoms with Gasteiger partial charge in [0.2, 0.25) is 5.91 Å². The van der Waals surface area contributed by atoms with E-state index in [2.05, 4.69) is 11.9 Å². The molecular formula is C17H14N2O3. The summed E-state index contributed by atoms with van der Waals surface area (Å²) in [6.07, 6.45) is 1.20. The molecular weight excluding hydrogens is 280 g/mol. The van der Waals surface area contributed by atoms with Crippen LogP contribution < -0.4 is 10.2 Å². The zero-order valence-corrected chi connectivity index (χ0v) is 11.8. The van der Waals surface area contributed by atoms with Crippen molar-refractivity contribution in [2.75, 3.05) is 4.90 Å². The third-order valence-electron chi connectivity index (χ3n) is 4.34. The van der Waals surface area contributed by atoms with Crippen LogP contribution in [0.15, 0.2) is 42.6 Å². The number of amides is 2. The molecule has 0 aliphatic carbocycles. The number of phenols is 1. The Kier molecular flexibility index (Phi) is 2.54. The number of hydrogen-bond donors (Lipinski definition) is 2. The quantitative estimate of drug-likeness (QED) is 0.848. The van der Waals surface area contributed by atoms with Gasteiger partial charge < -0.3 is 10.4 Å². The standard InChI is InChI=1S/C17H14N2O3/c1-9-5-6-13(16(21)18-9)19-12-7-8-14(20)10-3-2-4-11(15(10)12)17(19)22/h2-4,7-8,13,20H,1,5-6H2,(H,18,21). The molecule has 2 heterocycles. The molecule has 2 amide bonds. The van der Waals surface area contributed by atoms with Gasteiger partial charge in [0.15, 0.2) is 0 Å². The molecule has 1 unspecified atom stereocenters. The molecule has 2 aromatic rings. The fraction of sp³-hybridized carbons (Fsp3) is 0.176. The van der Waals surface area contributed by atoms with Gasteiger partial charge in [-0.1, -0.05) is 18.7 Å². The molecule has 0 spiro atoms. The molecule has 2 N–H and O–H groups in total. The average Bonchev–Trinajstić information content (AvgIpc) is 2.78. The summed E-state index contributed by atoms with van der Waals surface area (Å²) in [6, 6.07) is 7.96. The normalized spacial score (nSPS) is 20.6. The monoisotopic (exact) mass is 294 g/mol. The molecule has 0 radical (unpaired) electrons. The minimum absolute atomic E-state index is 0.136. The molecule has 1 atom stereocenters. The number of phenolic OH excluding ortho intramolecular Hbond substituents is 1. The van der Waals surface area contributed by atoms with Crippen molar-refractivity contribution >= 4 is 28.3 Å². The molecule has 2 aliphatic rings. The zero-order chi connectivity index (χ0) is 15.4. The van der Waals surface area contributed by atoms with E-state index >= 15 is 0 Å². The van der Waals surface area contributed by atoms with Gasteiger partial charge >= 0.3 is 0 Å². The molecule has 2 aromatic carbocycles. The van der Waals surface area contributed by atoms with E-state index in [1.807, 2.05) is 0 Å². The number of nitrogens with zero attached hydrogens (tertiary/aromatic N) is 1. The molecule has 22 heavy (non-hydrogen) atoms. The zero-order valence-electron chi connectivity index (χ0n) is 11.8. The molecule has 2 aliphatic heterocycles. The van der Waals surface area contributed by atoms with E-state index in [1.165, 1.54) is 0 Å². The second-order valence-electron chi connectivity index (χ2n) is 5.65. The molecule has 5 nitrogen and oxygen atoms in total. The Morgan fingerprint density at radius 2 is 2.05 bits per heavy atom. The highest BCUT2D eigenvalue weighted by Gasteiger charge is 2.39. The van der Waals surface area contributed by atoms with Crippen molar-refractivity contribution in [2.24, 2.45) is 0 Å². The van der Waals surface area contributed by atoms with E-state index in [4.69, 9.17) is 0 Å². The van der Waals surface area contributed by atoms with Gasteiger partial charge in [0, 0.05) is 22.0 Å². The molecule has 1 saturated heterocycles. The van der Waals surface area contributed by atoms with Gasteiger partial charge in [-0.3, -0.25) is 14.5 Å². The Morgan fingerprint density at radius 3 is 2.82 bits per heavy atom. The van der Waals surface area contributed by atoms with Crippen LogP contribution in [0.1, 0.15) is 23.2 Å². The van der Waals surface area contributed by atoms with Crippen molar-refractivity contribution < 1.29 is 14.7 Å². The highest BCUT2D eigenvalue weighted by molar-refractivity contribution is 6.27.